The van der Waals surface area contributed by atoms with Gasteiger partial charge in [-0.25, -0.2) is 0 Å². The van der Waals surface area contributed by atoms with Crippen molar-refractivity contribution in [2.75, 3.05) is 0 Å². The number of benzene rings is 9. The maximum atomic E-state index is 7.02. The highest BCUT2D eigenvalue weighted by atomic mass is 31.1. The number of rotatable bonds is 3. The first kappa shape index (κ1) is 27.0. The molecule has 3 heteroatoms. The summed E-state index contributed by atoms with van der Waals surface area (Å²) in [5, 5.41) is 17.9. The number of furan rings is 2. The van der Waals surface area contributed by atoms with Gasteiger partial charge in [0.2, 0.25) is 0 Å². The van der Waals surface area contributed by atoms with Crippen LogP contribution in [0.1, 0.15) is 0 Å². The summed E-state index contributed by atoms with van der Waals surface area (Å²) in [6.07, 6.45) is 0. The average molecular weight is 643 g/mol. The van der Waals surface area contributed by atoms with Crippen LogP contribution in [0.5, 0.6) is 0 Å². The van der Waals surface area contributed by atoms with Crippen LogP contribution >= 0.6 is 7.92 Å². The van der Waals surface area contributed by atoms with Crippen molar-refractivity contribution in [3.8, 4) is 0 Å². The molecule has 0 spiro atoms. The summed E-state index contributed by atoms with van der Waals surface area (Å²) in [6, 6.07) is 59.2. The predicted octanol–water partition coefficient (Wildman–Crippen LogP) is 11.9. The van der Waals surface area contributed by atoms with E-state index in [0.717, 1.165) is 33.1 Å². The molecule has 11 aromatic rings. The summed E-state index contributed by atoms with van der Waals surface area (Å²) >= 11 is 0. The zero-order chi connectivity index (χ0) is 32.1. The molecule has 11 rings (SSSR count). The Hall–Kier alpha value is -5.95. The lowest BCUT2D eigenvalue weighted by atomic mass is 10.0. The Bertz CT molecular complexity index is 2920. The molecule has 228 valence electrons. The van der Waals surface area contributed by atoms with Gasteiger partial charge in [-0.2, -0.15) is 0 Å². The largest absolute Gasteiger partial charge is 0.455 e. The zero-order valence-electron chi connectivity index (χ0n) is 26.4. The van der Waals surface area contributed by atoms with Gasteiger partial charge >= 0.3 is 0 Å². The molecule has 0 atom stereocenters. The Balaban J connectivity index is 1.31. The highest BCUT2D eigenvalue weighted by molar-refractivity contribution is 7.80. The predicted molar refractivity (Wildman–Crippen MR) is 210 cm³/mol. The third kappa shape index (κ3) is 3.99. The van der Waals surface area contributed by atoms with E-state index in [0.29, 0.717) is 0 Å². The Kier molecular flexibility index (Phi) is 5.67. The van der Waals surface area contributed by atoms with Gasteiger partial charge in [-0.15, -0.1) is 0 Å². The summed E-state index contributed by atoms with van der Waals surface area (Å²) in [6.45, 7) is 0. The summed E-state index contributed by atoms with van der Waals surface area (Å²) in [5.41, 5.74) is 3.71. The summed E-state index contributed by atoms with van der Waals surface area (Å²) in [7, 11) is -1.13. The summed E-state index contributed by atoms with van der Waals surface area (Å²) in [5.74, 6) is 0. The molecule has 0 fully saturated rings. The van der Waals surface area contributed by atoms with Gasteiger partial charge in [0, 0.05) is 32.2 Å². The van der Waals surface area contributed by atoms with Crippen molar-refractivity contribution in [1.29, 1.82) is 0 Å². The molecule has 0 aliphatic heterocycles. The van der Waals surface area contributed by atoms with Crippen LogP contribution in [0.25, 0.3) is 87.0 Å². The smallest absolute Gasteiger partial charge is 0.144 e. The van der Waals surface area contributed by atoms with Crippen molar-refractivity contribution < 1.29 is 8.83 Å². The molecular formula is C46H27O2P. The molecule has 0 saturated heterocycles. The van der Waals surface area contributed by atoms with E-state index in [1.54, 1.807) is 0 Å². The van der Waals surface area contributed by atoms with Crippen LogP contribution in [0.4, 0.5) is 0 Å². The van der Waals surface area contributed by atoms with Crippen molar-refractivity contribution in [2.45, 2.75) is 0 Å². The summed E-state index contributed by atoms with van der Waals surface area (Å²) in [4.78, 5) is 0. The van der Waals surface area contributed by atoms with Crippen LogP contribution in [0.15, 0.2) is 173 Å². The normalized spacial score (nSPS) is 12.3. The fourth-order valence-electron chi connectivity index (χ4n) is 7.90. The molecule has 0 saturated carbocycles. The fourth-order valence-corrected chi connectivity index (χ4v) is 10.4. The van der Waals surface area contributed by atoms with E-state index >= 15 is 0 Å². The minimum Gasteiger partial charge on any atom is -0.455 e. The van der Waals surface area contributed by atoms with E-state index in [1.807, 2.05) is 0 Å². The molecule has 9 aromatic carbocycles. The molecule has 0 aliphatic rings. The Morgan fingerprint density at radius 3 is 1.18 bits per heavy atom. The molecule has 0 aliphatic carbocycles. The highest BCUT2D eigenvalue weighted by Crippen LogP contribution is 2.46. The van der Waals surface area contributed by atoms with Crippen LogP contribution in [0.2, 0.25) is 0 Å². The molecular weight excluding hydrogens is 615 g/mol. The van der Waals surface area contributed by atoms with Crippen molar-refractivity contribution in [3.05, 3.63) is 164 Å². The monoisotopic (exact) mass is 642 g/mol. The lowest BCUT2D eigenvalue weighted by molar-refractivity contribution is 0.672. The second kappa shape index (κ2) is 10.3. The van der Waals surface area contributed by atoms with E-state index in [9.17, 15) is 0 Å². The zero-order valence-corrected chi connectivity index (χ0v) is 27.2. The highest BCUT2D eigenvalue weighted by Gasteiger charge is 2.28. The first-order valence-electron chi connectivity index (χ1n) is 16.7. The first-order valence-corrected chi connectivity index (χ1v) is 18.0. The minimum atomic E-state index is -1.13. The molecule has 2 heterocycles. The summed E-state index contributed by atoms with van der Waals surface area (Å²) < 4.78 is 14.0. The van der Waals surface area contributed by atoms with E-state index in [2.05, 4.69) is 164 Å². The molecule has 0 bridgehead atoms. The van der Waals surface area contributed by atoms with Crippen molar-refractivity contribution in [1.82, 2.24) is 0 Å². The Morgan fingerprint density at radius 2 is 0.714 bits per heavy atom. The number of hydrogen-bond donors (Lipinski definition) is 0. The van der Waals surface area contributed by atoms with Crippen LogP contribution in [-0.4, -0.2) is 0 Å². The standard InChI is InChI=1S/C46H27O2P/c1-2-18-34(19-3-1)49(41-26-32-16-8-10-20-35(32)43-37-22-28-12-4-6-14-30(28)24-39(37)47-45(41)43)42-27-33-17-9-11-21-36(33)44-38-23-29-13-5-7-15-31(29)25-40(38)48-46(42)44/h1-27H. The van der Waals surface area contributed by atoms with Gasteiger partial charge in [0.05, 0.1) is 0 Å². The van der Waals surface area contributed by atoms with Gasteiger partial charge in [-0.05, 0) is 92.7 Å². The second-order valence-electron chi connectivity index (χ2n) is 12.9. The van der Waals surface area contributed by atoms with Crippen LogP contribution in [0, 0.1) is 0 Å². The van der Waals surface area contributed by atoms with Gasteiger partial charge in [-0.1, -0.05) is 127 Å². The Labute approximate surface area is 282 Å². The second-order valence-corrected chi connectivity index (χ2v) is 15.1. The van der Waals surface area contributed by atoms with Crippen molar-refractivity contribution >= 4 is 111 Å². The quantitative estimate of drug-likeness (QED) is 0.179. The van der Waals surface area contributed by atoms with Gasteiger partial charge in [0.15, 0.2) is 0 Å². The SMILES string of the molecule is c1ccc(P(c2cc3ccccc3c3c2oc2cc4ccccc4cc23)c2cc3ccccc3c3c2oc2cc4ccccc4cc23)cc1. The van der Waals surface area contributed by atoms with Gasteiger partial charge in [0.1, 0.15) is 22.3 Å². The Morgan fingerprint density at radius 1 is 0.327 bits per heavy atom. The van der Waals surface area contributed by atoms with E-state index in [-0.39, 0.29) is 0 Å². The van der Waals surface area contributed by atoms with E-state index in [4.69, 9.17) is 8.83 Å². The molecule has 0 radical (unpaired) electrons. The molecule has 0 unspecified atom stereocenters. The van der Waals surface area contributed by atoms with E-state index < -0.39 is 7.92 Å². The van der Waals surface area contributed by atoms with Gasteiger partial charge in [-0.3, -0.25) is 0 Å². The van der Waals surface area contributed by atoms with Crippen LogP contribution in [-0.2, 0) is 0 Å². The lowest BCUT2D eigenvalue weighted by Gasteiger charge is -2.21. The average Bonchev–Trinajstić information content (AvgIpc) is 3.72. The van der Waals surface area contributed by atoms with E-state index in [1.165, 1.54) is 69.8 Å². The van der Waals surface area contributed by atoms with Crippen molar-refractivity contribution in [2.24, 2.45) is 0 Å². The number of fused-ring (bicyclic) bond motifs is 12. The van der Waals surface area contributed by atoms with Gasteiger partial charge in [0.25, 0.3) is 0 Å². The minimum absolute atomic E-state index is 0.911. The first-order chi connectivity index (χ1) is 24.3. The topological polar surface area (TPSA) is 26.3 Å². The third-order valence-electron chi connectivity index (χ3n) is 10.1. The number of hydrogen-bond acceptors (Lipinski definition) is 2. The molecule has 49 heavy (non-hydrogen) atoms. The maximum absolute atomic E-state index is 7.02. The van der Waals surface area contributed by atoms with Crippen LogP contribution in [0.3, 0.4) is 0 Å². The fraction of sp³-hybridized carbons (Fsp3) is 0. The maximum Gasteiger partial charge on any atom is 0.144 e. The molecule has 2 aromatic heterocycles. The van der Waals surface area contributed by atoms with Crippen LogP contribution < -0.4 is 15.9 Å². The van der Waals surface area contributed by atoms with Crippen molar-refractivity contribution in [3.63, 3.8) is 0 Å². The molecule has 2 nitrogen and oxygen atoms in total. The van der Waals surface area contributed by atoms with Gasteiger partial charge < -0.3 is 8.83 Å². The lowest BCUT2D eigenvalue weighted by Crippen LogP contribution is -2.21. The third-order valence-corrected chi connectivity index (χ3v) is 12.6. The molecule has 0 N–H and O–H groups in total. The molecule has 0 amide bonds.